The summed E-state index contributed by atoms with van der Waals surface area (Å²) in [6, 6.07) is 21.8. The molecule has 6 heteroatoms. The number of hydrogen-bond acceptors (Lipinski definition) is 4. The second-order valence-corrected chi connectivity index (χ2v) is 7.47. The first-order valence-corrected chi connectivity index (χ1v) is 10.1. The number of imide groups is 1. The Balaban J connectivity index is 1.35. The monoisotopic (exact) mass is 414 g/mol. The summed E-state index contributed by atoms with van der Waals surface area (Å²) in [6.07, 6.45) is 0.544. The minimum atomic E-state index is -0.243. The summed E-state index contributed by atoms with van der Waals surface area (Å²) < 4.78 is 5.82. The maximum absolute atomic E-state index is 12.5. The number of anilines is 1. The first-order valence-electron chi connectivity index (χ1n) is 10.1. The van der Waals surface area contributed by atoms with Crippen molar-refractivity contribution >= 4 is 23.4 Å². The minimum absolute atomic E-state index is 0.151. The van der Waals surface area contributed by atoms with Crippen LogP contribution in [-0.4, -0.2) is 22.6 Å². The Bertz CT molecular complexity index is 1110. The molecule has 0 saturated carbocycles. The Morgan fingerprint density at radius 2 is 1.58 bits per heavy atom. The summed E-state index contributed by atoms with van der Waals surface area (Å²) >= 11 is 0. The highest BCUT2D eigenvalue weighted by Gasteiger charge is 2.28. The lowest BCUT2D eigenvalue weighted by atomic mass is 10.1. The van der Waals surface area contributed by atoms with Gasteiger partial charge in [-0.1, -0.05) is 24.3 Å². The first-order chi connectivity index (χ1) is 15.0. The van der Waals surface area contributed by atoms with E-state index in [0.29, 0.717) is 17.0 Å². The molecular formula is C25H22N2O4. The van der Waals surface area contributed by atoms with Gasteiger partial charge in [-0.3, -0.25) is 19.3 Å². The predicted molar refractivity (Wildman–Crippen MR) is 117 cm³/mol. The zero-order chi connectivity index (χ0) is 21.8. The van der Waals surface area contributed by atoms with Crippen molar-refractivity contribution < 1.29 is 19.1 Å². The van der Waals surface area contributed by atoms with Crippen molar-refractivity contribution in [3.8, 4) is 11.5 Å². The molecule has 0 radical (unpaired) electrons. The third-order valence-electron chi connectivity index (χ3n) is 5.05. The van der Waals surface area contributed by atoms with E-state index >= 15 is 0 Å². The van der Waals surface area contributed by atoms with Crippen LogP contribution in [0.25, 0.3) is 0 Å². The van der Waals surface area contributed by atoms with Gasteiger partial charge < -0.3 is 10.1 Å². The molecule has 31 heavy (non-hydrogen) atoms. The van der Waals surface area contributed by atoms with E-state index in [-0.39, 0.29) is 37.1 Å². The quantitative estimate of drug-likeness (QED) is 0.594. The molecule has 3 aromatic carbocycles. The van der Waals surface area contributed by atoms with E-state index in [9.17, 15) is 14.4 Å². The number of hydrogen-bond donors (Lipinski definition) is 1. The maximum Gasteiger partial charge on any atom is 0.255 e. The fourth-order valence-electron chi connectivity index (χ4n) is 3.37. The highest BCUT2D eigenvalue weighted by Crippen LogP contribution is 2.24. The number of likely N-dealkylation sites (tertiary alicyclic amines) is 1. The zero-order valence-corrected chi connectivity index (χ0v) is 17.1. The maximum atomic E-state index is 12.5. The molecule has 4 rings (SSSR count). The van der Waals surface area contributed by atoms with Gasteiger partial charge in [0.25, 0.3) is 5.91 Å². The number of benzene rings is 3. The lowest BCUT2D eigenvalue weighted by molar-refractivity contribution is -0.139. The number of nitrogens with one attached hydrogen (secondary N) is 1. The highest BCUT2D eigenvalue weighted by molar-refractivity contribution is 6.04. The van der Waals surface area contributed by atoms with Crippen molar-refractivity contribution in [2.24, 2.45) is 0 Å². The molecule has 3 amide bonds. The summed E-state index contributed by atoms with van der Waals surface area (Å²) in [7, 11) is 0. The molecule has 156 valence electrons. The van der Waals surface area contributed by atoms with E-state index in [0.717, 1.165) is 16.9 Å². The Morgan fingerprint density at radius 3 is 2.23 bits per heavy atom. The van der Waals surface area contributed by atoms with Crippen LogP contribution in [0.3, 0.4) is 0 Å². The van der Waals surface area contributed by atoms with E-state index in [2.05, 4.69) is 5.32 Å². The molecule has 3 aromatic rings. The molecular weight excluding hydrogens is 392 g/mol. The van der Waals surface area contributed by atoms with Crippen molar-refractivity contribution in [3.05, 3.63) is 89.5 Å². The lowest BCUT2D eigenvalue weighted by Crippen LogP contribution is -2.28. The molecule has 0 bridgehead atoms. The van der Waals surface area contributed by atoms with Crippen LogP contribution in [0.2, 0.25) is 0 Å². The van der Waals surface area contributed by atoms with Gasteiger partial charge in [-0.25, -0.2) is 0 Å². The summed E-state index contributed by atoms with van der Waals surface area (Å²) in [5, 5.41) is 2.85. The van der Waals surface area contributed by atoms with E-state index in [1.165, 1.54) is 4.90 Å². The molecule has 1 N–H and O–H groups in total. The van der Waals surface area contributed by atoms with E-state index in [1.807, 2.05) is 31.2 Å². The molecule has 1 saturated heterocycles. The van der Waals surface area contributed by atoms with Gasteiger partial charge in [-0.15, -0.1) is 0 Å². The number of aryl methyl sites for hydroxylation is 1. The molecule has 0 aromatic heterocycles. The minimum Gasteiger partial charge on any atom is -0.457 e. The predicted octanol–water partition coefficient (Wildman–Crippen LogP) is 4.69. The average Bonchev–Trinajstić information content (AvgIpc) is 3.08. The van der Waals surface area contributed by atoms with Gasteiger partial charge in [-0.05, 0) is 66.6 Å². The number of carbonyl (C=O) groups is 3. The van der Waals surface area contributed by atoms with Crippen LogP contribution < -0.4 is 10.1 Å². The topological polar surface area (TPSA) is 75.7 Å². The van der Waals surface area contributed by atoms with Crippen LogP contribution in [0.1, 0.15) is 34.3 Å². The Morgan fingerprint density at radius 1 is 0.903 bits per heavy atom. The second-order valence-electron chi connectivity index (χ2n) is 7.47. The number of amides is 3. The number of ether oxygens (including phenoxy) is 1. The fourth-order valence-corrected chi connectivity index (χ4v) is 3.37. The Kier molecular flexibility index (Phi) is 5.80. The van der Waals surface area contributed by atoms with Crippen LogP contribution in [0.5, 0.6) is 11.5 Å². The zero-order valence-electron chi connectivity index (χ0n) is 17.1. The molecule has 0 aliphatic carbocycles. The van der Waals surface area contributed by atoms with Crippen molar-refractivity contribution in [3.63, 3.8) is 0 Å². The van der Waals surface area contributed by atoms with Crippen molar-refractivity contribution in [1.82, 2.24) is 4.90 Å². The highest BCUT2D eigenvalue weighted by atomic mass is 16.5. The van der Waals surface area contributed by atoms with E-state index in [4.69, 9.17) is 4.74 Å². The van der Waals surface area contributed by atoms with Gasteiger partial charge in [0.05, 0.1) is 6.54 Å². The smallest absolute Gasteiger partial charge is 0.255 e. The van der Waals surface area contributed by atoms with Gasteiger partial charge in [0.1, 0.15) is 11.5 Å². The number of rotatable bonds is 6. The normalized spacial score (nSPS) is 13.4. The summed E-state index contributed by atoms with van der Waals surface area (Å²) in [5.74, 6) is 0.892. The third-order valence-corrected chi connectivity index (χ3v) is 5.05. The number of carbonyl (C=O) groups excluding carboxylic acids is 3. The summed E-state index contributed by atoms with van der Waals surface area (Å²) in [5.41, 5.74) is 3.06. The molecule has 1 aliphatic heterocycles. The lowest BCUT2D eigenvalue weighted by Gasteiger charge is -2.14. The van der Waals surface area contributed by atoms with Crippen LogP contribution >= 0.6 is 0 Å². The number of nitrogens with zero attached hydrogens (tertiary/aromatic N) is 1. The van der Waals surface area contributed by atoms with Crippen LogP contribution in [0.4, 0.5) is 5.69 Å². The van der Waals surface area contributed by atoms with Crippen molar-refractivity contribution in [2.75, 3.05) is 5.32 Å². The summed E-state index contributed by atoms with van der Waals surface area (Å²) in [4.78, 5) is 37.3. The second kappa shape index (κ2) is 8.83. The third kappa shape index (κ3) is 4.98. The SMILES string of the molecule is Cc1cccc(Oc2ccc(NC(=O)c3ccc(CN4C(=O)CCC4=O)cc3)cc2)c1. The molecule has 1 aliphatic rings. The molecule has 0 spiro atoms. The average molecular weight is 414 g/mol. The van der Waals surface area contributed by atoms with Crippen LogP contribution in [-0.2, 0) is 16.1 Å². The molecule has 0 atom stereocenters. The van der Waals surface area contributed by atoms with Crippen LogP contribution in [0.15, 0.2) is 72.8 Å². The van der Waals surface area contributed by atoms with Gasteiger partial charge >= 0.3 is 0 Å². The summed E-state index contributed by atoms with van der Waals surface area (Å²) in [6.45, 7) is 2.24. The van der Waals surface area contributed by atoms with Gasteiger partial charge in [-0.2, -0.15) is 0 Å². The van der Waals surface area contributed by atoms with Crippen LogP contribution in [0, 0.1) is 6.92 Å². The van der Waals surface area contributed by atoms with Gasteiger partial charge in [0.15, 0.2) is 0 Å². The Labute approximate surface area is 180 Å². The molecule has 6 nitrogen and oxygen atoms in total. The standard InChI is InChI=1S/C25H22N2O4/c1-17-3-2-4-22(15-17)31-21-11-9-20(10-12-21)26-25(30)19-7-5-18(6-8-19)16-27-23(28)13-14-24(27)29/h2-12,15H,13-14,16H2,1H3,(H,26,30). The van der Waals surface area contributed by atoms with E-state index in [1.54, 1.807) is 48.5 Å². The molecule has 1 fully saturated rings. The Hall–Kier alpha value is -3.93. The van der Waals surface area contributed by atoms with E-state index < -0.39 is 0 Å². The van der Waals surface area contributed by atoms with Gasteiger partial charge in [0.2, 0.25) is 11.8 Å². The van der Waals surface area contributed by atoms with Gasteiger partial charge in [0, 0.05) is 24.1 Å². The molecule has 1 heterocycles. The van der Waals surface area contributed by atoms with Crippen molar-refractivity contribution in [1.29, 1.82) is 0 Å². The fraction of sp³-hybridized carbons (Fsp3) is 0.160. The van der Waals surface area contributed by atoms with Crippen molar-refractivity contribution in [2.45, 2.75) is 26.3 Å². The molecule has 0 unspecified atom stereocenters. The first kappa shape index (κ1) is 20.3. The largest absolute Gasteiger partial charge is 0.457 e.